The van der Waals surface area contributed by atoms with Gasteiger partial charge in [0.2, 0.25) is 0 Å². The first-order chi connectivity index (χ1) is 13.4. The zero-order valence-corrected chi connectivity index (χ0v) is 17.4. The van der Waals surface area contributed by atoms with E-state index in [1.807, 2.05) is 11.4 Å². The van der Waals surface area contributed by atoms with Gasteiger partial charge in [-0.15, -0.1) is 11.3 Å². The Morgan fingerprint density at radius 2 is 2.18 bits per heavy atom. The minimum absolute atomic E-state index is 0.0263. The summed E-state index contributed by atoms with van der Waals surface area (Å²) in [5.41, 5.74) is 5.34. The third kappa shape index (κ3) is 2.96. The molecule has 0 saturated heterocycles. The third-order valence-corrected chi connectivity index (χ3v) is 6.86. The second kappa shape index (κ2) is 7.67. The van der Waals surface area contributed by atoms with Gasteiger partial charge in [0.15, 0.2) is 5.41 Å². The number of rotatable bonds is 2. The summed E-state index contributed by atoms with van der Waals surface area (Å²) in [6, 6.07) is 8.07. The predicted molar refractivity (Wildman–Crippen MR) is 105 cm³/mol. The van der Waals surface area contributed by atoms with Crippen LogP contribution < -0.4 is 5.73 Å². The van der Waals surface area contributed by atoms with E-state index in [-0.39, 0.29) is 31.0 Å². The van der Waals surface area contributed by atoms with Crippen LogP contribution in [0.4, 0.5) is 4.79 Å². The fourth-order valence-corrected chi connectivity index (χ4v) is 5.52. The lowest BCUT2D eigenvalue weighted by molar-refractivity contribution is 0.100. The summed E-state index contributed by atoms with van der Waals surface area (Å²) in [7, 11) is 0. The molecule has 0 radical (unpaired) electrons. The van der Waals surface area contributed by atoms with E-state index in [1.54, 1.807) is 13.0 Å². The van der Waals surface area contributed by atoms with Gasteiger partial charge in [0.25, 0.3) is 0 Å². The van der Waals surface area contributed by atoms with Gasteiger partial charge in [-0.05, 0) is 34.5 Å². The molecule has 2 atom stereocenters. The van der Waals surface area contributed by atoms with Crippen LogP contribution in [0.3, 0.4) is 0 Å². The minimum Gasteiger partial charge on any atom is -0.450 e. The first kappa shape index (κ1) is 19.9. The maximum Gasteiger partial charge on any atom is 0.410 e. The molecule has 1 aliphatic heterocycles. The van der Waals surface area contributed by atoms with Gasteiger partial charge in [0.1, 0.15) is 6.07 Å². The molecule has 0 aromatic carbocycles. The first-order valence-corrected chi connectivity index (χ1v) is 10.2. The van der Waals surface area contributed by atoms with Crippen LogP contribution in [0, 0.1) is 45.3 Å². The van der Waals surface area contributed by atoms with Crippen molar-refractivity contribution in [3.8, 4) is 18.2 Å². The number of allylic oxidation sites excluding steroid dienone is 2. The van der Waals surface area contributed by atoms with Crippen molar-refractivity contribution in [1.29, 1.82) is 15.8 Å². The van der Waals surface area contributed by atoms with Crippen molar-refractivity contribution in [2.75, 3.05) is 19.7 Å². The van der Waals surface area contributed by atoms with Crippen molar-refractivity contribution in [3.63, 3.8) is 0 Å². The second-order valence-electron chi connectivity index (χ2n) is 6.45. The number of fused-ring (bicyclic) bond motifs is 1. The molecular formula is C19H16BrN5O2S. The molecule has 142 valence electrons. The first-order valence-electron chi connectivity index (χ1n) is 8.52. The number of nitrogens with zero attached hydrogens (tertiary/aromatic N) is 4. The van der Waals surface area contributed by atoms with E-state index < -0.39 is 23.3 Å². The fourth-order valence-electron chi connectivity index (χ4n) is 3.84. The van der Waals surface area contributed by atoms with E-state index in [0.29, 0.717) is 5.57 Å². The van der Waals surface area contributed by atoms with Crippen LogP contribution in [0.1, 0.15) is 17.7 Å². The van der Waals surface area contributed by atoms with Gasteiger partial charge in [-0.25, -0.2) is 4.79 Å². The molecule has 0 bridgehead atoms. The maximum atomic E-state index is 12.3. The van der Waals surface area contributed by atoms with Gasteiger partial charge in [0, 0.05) is 39.7 Å². The molecule has 28 heavy (non-hydrogen) atoms. The van der Waals surface area contributed by atoms with Gasteiger partial charge >= 0.3 is 6.09 Å². The van der Waals surface area contributed by atoms with Crippen LogP contribution in [0.25, 0.3) is 0 Å². The zero-order chi connectivity index (χ0) is 20.5. The fraction of sp³-hybridized carbons (Fsp3) is 0.368. The summed E-state index contributed by atoms with van der Waals surface area (Å²) in [4.78, 5) is 14.6. The molecule has 2 aliphatic rings. The smallest absolute Gasteiger partial charge is 0.410 e. The Balaban J connectivity index is 2.22. The number of ether oxygens (including phenoxy) is 1. The second-order valence-corrected chi connectivity index (χ2v) is 8.31. The quantitative estimate of drug-likeness (QED) is 0.724. The molecule has 7 nitrogen and oxygen atoms in total. The van der Waals surface area contributed by atoms with Crippen molar-refractivity contribution < 1.29 is 9.53 Å². The summed E-state index contributed by atoms with van der Waals surface area (Å²) >= 11 is 4.82. The summed E-state index contributed by atoms with van der Waals surface area (Å²) in [6.45, 7) is 2.47. The minimum atomic E-state index is -1.70. The van der Waals surface area contributed by atoms with Gasteiger partial charge < -0.3 is 15.4 Å². The molecule has 2 heterocycles. The van der Waals surface area contributed by atoms with Crippen molar-refractivity contribution in [2.24, 2.45) is 17.1 Å². The van der Waals surface area contributed by atoms with Gasteiger partial charge in [-0.3, -0.25) is 0 Å². The Hall–Kier alpha value is -2.80. The Kier molecular flexibility index (Phi) is 5.47. The number of carbonyl (C=O) groups excluding carboxylic acids is 1. The highest BCUT2D eigenvalue weighted by Gasteiger charge is 2.55. The van der Waals surface area contributed by atoms with Crippen molar-refractivity contribution in [2.45, 2.75) is 12.8 Å². The lowest BCUT2D eigenvalue weighted by Crippen LogP contribution is -2.49. The van der Waals surface area contributed by atoms with E-state index in [0.717, 1.165) is 9.35 Å². The number of halogens is 1. The average molecular weight is 458 g/mol. The summed E-state index contributed by atoms with van der Waals surface area (Å²) in [6.07, 6.45) is 1.30. The van der Waals surface area contributed by atoms with E-state index in [9.17, 15) is 20.6 Å². The predicted octanol–water partition coefficient (Wildman–Crippen LogP) is 3.39. The Morgan fingerprint density at radius 3 is 2.71 bits per heavy atom. The zero-order valence-electron chi connectivity index (χ0n) is 15.0. The number of amides is 1. The highest BCUT2D eigenvalue weighted by Crippen LogP contribution is 2.55. The third-order valence-electron chi connectivity index (χ3n) is 5.08. The number of carbonyl (C=O) groups is 1. The Labute approximate surface area is 175 Å². The molecule has 1 aliphatic carbocycles. The van der Waals surface area contributed by atoms with Crippen LogP contribution in [-0.4, -0.2) is 30.7 Å². The molecule has 1 aromatic rings. The molecule has 0 unspecified atom stereocenters. The van der Waals surface area contributed by atoms with Gasteiger partial charge in [0.05, 0.1) is 30.0 Å². The van der Waals surface area contributed by atoms with Crippen LogP contribution in [0.5, 0.6) is 0 Å². The standard InChI is InChI=1S/C19H16BrN5O2S/c1-2-27-18(26)25-4-3-12-13(6-21)17(24)19(9-22,10-23)16(14(12)7-25)15-5-11(20)8-28-15/h3,5,8,14,16H,2,4,7,24H2,1H3/t14-,16-/m1/s1. The summed E-state index contributed by atoms with van der Waals surface area (Å²) in [5, 5.41) is 31.5. The molecular weight excluding hydrogens is 442 g/mol. The number of thiophene rings is 1. The molecule has 3 rings (SSSR count). The molecule has 1 amide bonds. The van der Waals surface area contributed by atoms with Crippen LogP contribution in [0.15, 0.2) is 38.8 Å². The van der Waals surface area contributed by atoms with E-state index >= 15 is 0 Å². The molecule has 0 saturated carbocycles. The van der Waals surface area contributed by atoms with Gasteiger partial charge in [-0.2, -0.15) is 15.8 Å². The number of hydrogen-bond acceptors (Lipinski definition) is 7. The Bertz CT molecular complexity index is 993. The number of hydrogen-bond donors (Lipinski definition) is 1. The van der Waals surface area contributed by atoms with Gasteiger partial charge in [-0.1, -0.05) is 6.08 Å². The van der Waals surface area contributed by atoms with E-state index in [2.05, 4.69) is 34.1 Å². The van der Waals surface area contributed by atoms with Crippen LogP contribution >= 0.6 is 27.3 Å². The molecule has 9 heteroatoms. The normalized spacial score (nSPS) is 23.0. The number of nitriles is 3. The monoisotopic (exact) mass is 457 g/mol. The topological polar surface area (TPSA) is 127 Å². The molecule has 1 aromatic heterocycles. The van der Waals surface area contributed by atoms with E-state index in [1.165, 1.54) is 16.2 Å². The Morgan fingerprint density at radius 1 is 1.46 bits per heavy atom. The highest BCUT2D eigenvalue weighted by molar-refractivity contribution is 9.10. The molecule has 2 N–H and O–H groups in total. The highest BCUT2D eigenvalue weighted by atomic mass is 79.9. The van der Waals surface area contributed by atoms with Crippen LogP contribution in [-0.2, 0) is 4.74 Å². The number of nitrogens with two attached hydrogens (primary N) is 1. The van der Waals surface area contributed by atoms with Crippen molar-refractivity contribution >= 4 is 33.4 Å². The molecule has 0 fully saturated rings. The largest absolute Gasteiger partial charge is 0.450 e. The van der Waals surface area contributed by atoms with Crippen LogP contribution in [0.2, 0.25) is 0 Å². The lowest BCUT2D eigenvalue weighted by atomic mass is 9.59. The van der Waals surface area contributed by atoms with Crippen molar-refractivity contribution in [3.05, 3.63) is 43.7 Å². The maximum absolute atomic E-state index is 12.3. The van der Waals surface area contributed by atoms with Crippen molar-refractivity contribution in [1.82, 2.24) is 4.90 Å². The SMILES string of the molecule is CCOC(=O)N1CC=C2C(C#N)=C(N)C(C#N)(C#N)[C@@H](c3cc(Br)cs3)[C@@H]2C1. The summed E-state index contributed by atoms with van der Waals surface area (Å²) in [5.74, 6) is -1.04. The average Bonchev–Trinajstić information content (AvgIpc) is 3.12. The summed E-state index contributed by atoms with van der Waals surface area (Å²) < 4.78 is 5.93. The molecule has 0 spiro atoms. The van der Waals surface area contributed by atoms with E-state index in [4.69, 9.17) is 10.5 Å². The lowest BCUT2D eigenvalue weighted by Gasteiger charge is -2.44.